The van der Waals surface area contributed by atoms with Crippen molar-refractivity contribution in [3.05, 3.63) is 0 Å². The molecule has 0 saturated carbocycles. The van der Waals surface area contributed by atoms with Crippen LogP contribution in [0.15, 0.2) is 0 Å². The molecule has 1 fully saturated rings. The molecule has 0 aromatic heterocycles. The topological polar surface area (TPSA) is 98.7 Å². The molecule has 0 amide bonds. The summed E-state index contributed by atoms with van der Waals surface area (Å²) < 4.78 is 37.7. The number of aliphatic hydroxyl groups excluding tert-OH is 1. The highest BCUT2D eigenvalue weighted by molar-refractivity contribution is 7.83. The van der Waals surface area contributed by atoms with E-state index in [1.54, 1.807) is 11.6 Å². The maximum Gasteiger partial charge on any atom is 0.159 e. The van der Waals surface area contributed by atoms with Crippen molar-refractivity contribution in [2.45, 2.75) is 31.6 Å². The lowest BCUT2D eigenvalue weighted by Gasteiger charge is -2.32. The van der Waals surface area contributed by atoms with Crippen LogP contribution >= 0.6 is 0 Å². The number of hydrogen-bond acceptors (Lipinski definition) is 5. The third-order valence-corrected chi connectivity index (χ3v) is 2.49. The number of hydrogen-bond donors (Lipinski definition) is 2. The van der Waals surface area contributed by atoms with Crippen LogP contribution in [-0.4, -0.2) is 42.9 Å². The Labute approximate surface area is 76.8 Å². The average Bonchev–Trinajstić information content (AvgIpc) is 1.93. The summed E-state index contributed by atoms with van der Waals surface area (Å²) in [6, 6.07) is -0.821. The van der Waals surface area contributed by atoms with E-state index < -0.39 is 22.4 Å². The van der Waals surface area contributed by atoms with Crippen LogP contribution in [0, 0.1) is 0 Å². The first-order valence-electron chi connectivity index (χ1n) is 3.91. The number of aliphatic hydroxyl groups is 1. The van der Waals surface area contributed by atoms with Crippen molar-refractivity contribution in [1.82, 2.24) is 4.72 Å². The summed E-state index contributed by atoms with van der Waals surface area (Å²) in [7, 11) is -4.51. The van der Waals surface area contributed by atoms with E-state index in [0.29, 0.717) is 6.42 Å². The van der Waals surface area contributed by atoms with E-state index in [9.17, 15) is 18.1 Å². The molecule has 6 nitrogen and oxygen atoms in total. The molecule has 2 N–H and O–H groups in total. The molecule has 3 atom stereocenters. The van der Waals surface area contributed by atoms with Crippen LogP contribution < -0.4 is 4.72 Å². The molecule has 0 aromatic rings. The van der Waals surface area contributed by atoms with E-state index in [4.69, 9.17) is 4.74 Å². The van der Waals surface area contributed by atoms with Gasteiger partial charge in [0.25, 0.3) is 0 Å². The van der Waals surface area contributed by atoms with Crippen LogP contribution in [-0.2, 0) is 15.0 Å². The van der Waals surface area contributed by atoms with Crippen LogP contribution in [0.5, 0.6) is 0 Å². The highest BCUT2D eigenvalue weighted by atomic mass is 32.2. The van der Waals surface area contributed by atoms with Gasteiger partial charge in [-0.05, 0) is 6.92 Å². The lowest BCUT2D eigenvalue weighted by molar-refractivity contribution is -0.0527. The Morgan fingerprint density at radius 2 is 2.23 bits per heavy atom. The number of rotatable bonds is 2. The van der Waals surface area contributed by atoms with Gasteiger partial charge in [0.15, 0.2) is 10.3 Å². The predicted octanol–water partition coefficient (Wildman–Crippen LogP) is -1.43. The van der Waals surface area contributed by atoms with E-state index >= 15 is 0 Å². The number of nitrogens with one attached hydrogen (secondary N) is 1. The molecule has 2 unspecified atom stereocenters. The van der Waals surface area contributed by atoms with Gasteiger partial charge in [-0.25, -0.2) is 13.1 Å². The molecular formula is C6H12NO5S-. The Kier molecular flexibility index (Phi) is 3.25. The second-order valence-corrected chi connectivity index (χ2v) is 4.27. The molecule has 0 radical (unpaired) electrons. The molecular weight excluding hydrogens is 198 g/mol. The summed E-state index contributed by atoms with van der Waals surface area (Å²) in [5.74, 6) is 0. The van der Waals surface area contributed by atoms with Crippen LogP contribution in [0.1, 0.15) is 13.3 Å². The number of ether oxygens (including phenoxy) is 1. The molecule has 7 heteroatoms. The Morgan fingerprint density at radius 1 is 1.62 bits per heavy atom. The van der Waals surface area contributed by atoms with Crippen molar-refractivity contribution in [1.29, 1.82) is 0 Å². The van der Waals surface area contributed by atoms with Gasteiger partial charge in [0, 0.05) is 6.42 Å². The summed E-state index contributed by atoms with van der Waals surface area (Å²) in [6.07, 6.45) is -0.636. The van der Waals surface area contributed by atoms with E-state index in [2.05, 4.69) is 0 Å². The minimum Gasteiger partial charge on any atom is -0.735 e. The minimum absolute atomic E-state index is 0.0316. The van der Waals surface area contributed by atoms with Crippen LogP contribution in [0.4, 0.5) is 0 Å². The highest BCUT2D eigenvalue weighted by Crippen LogP contribution is 2.14. The highest BCUT2D eigenvalue weighted by Gasteiger charge is 2.28. The molecule has 1 aliphatic heterocycles. The first-order chi connectivity index (χ1) is 5.88. The van der Waals surface area contributed by atoms with Crippen LogP contribution in [0.2, 0.25) is 0 Å². The summed E-state index contributed by atoms with van der Waals surface area (Å²) >= 11 is 0. The third kappa shape index (κ3) is 3.57. The standard InChI is InChI=1S/C6H13NO5S/c1-4-2-6(8)5(3-12-4)7-13(9,10)11/h4-8H,2-3H2,1H3,(H,9,10,11)/p-1/t4?,5?,6-/m1/s1. The van der Waals surface area contributed by atoms with Crippen molar-refractivity contribution >= 4 is 10.3 Å². The molecule has 1 rings (SSSR count). The van der Waals surface area contributed by atoms with Gasteiger partial charge in [0.05, 0.1) is 24.9 Å². The van der Waals surface area contributed by atoms with Crippen molar-refractivity contribution in [2.24, 2.45) is 0 Å². The summed E-state index contributed by atoms with van der Waals surface area (Å²) in [5, 5.41) is 9.36. The van der Waals surface area contributed by atoms with E-state index in [-0.39, 0.29) is 12.7 Å². The van der Waals surface area contributed by atoms with E-state index in [1.165, 1.54) is 0 Å². The molecule has 1 aliphatic rings. The molecule has 78 valence electrons. The lowest BCUT2D eigenvalue weighted by atomic mass is 10.0. The SMILES string of the molecule is CC1C[C@@H](O)C(NS(=O)(=O)[O-])CO1. The van der Waals surface area contributed by atoms with Gasteiger partial charge in [-0.1, -0.05) is 0 Å². The monoisotopic (exact) mass is 210 g/mol. The van der Waals surface area contributed by atoms with Gasteiger partial charge in [-0.3, -0.25) is 0 Å². The quantitative estimate of drug-likeness (QED) is 0.545. The third-order valence-electron chi connectivity index (χ3n) is 1.89. The van der Waals surface area contributed by atoms with Crippen molar-refractivity contribution < 1.29 is 22.8 Å². The first-order valence-corrected chi connectivity index (χ1v) is 5.32. The van der Waals surface area contributed by atoms with Gasteiger partial charge in [-0.15, -0.1) is 0 Å². The smallest absolute Gasteiger partial charge is 0.159 e. The fourth-order valence-electron chi connectivity index (χ4n) is 1.25. The molecule has 0 aliphatic carbocycles. The Bertz CT molecular complexity index is 264. The Balaban J connectivity index is 2.52. The summed E-state index contributed by atoms with van der Waals surface area (Å²) in [4.78, 5) is 0. The second kappa shape index (κ2) is 3.89. The normalized spacial score (nSPS) is 36.1. The summed E-state index contributed by atoms with van der Waals surface area (Å²) in [5.41, 5.74) is 0. The minimum atomic E-state index is -4.51. The maximum atomic E-state index is 10.3. The Hall–Kier alpha value is -0.210. The first kappa shape index (κ1) is 10.9. The zero-order valence-corrected chi connectivity index (χ0v) is 7.95. The molecule has 13 heavy (non-hydrogen) atoms. The molecule has 0 aromatic carbocycles. The van der Waals surface area contributed by atoms with Crippen molar-refractivity contribution in [3.8, 4) is 0 Å². The van der Waals surface area contributed by atoms with Crippen molar-refractivity contribution in [2.75, 3.05) is 6.61 Å². The summed E-state index contributed by atoms with van der Waals surface area (Å²) in [6.45, 7) is 1.80. The van der Waals surface area contributed by atoms with Gasteiger partial charge >= 0.3 is 0 Å². The van der Waals surface area contributed by atoms with E-state index in [1.807, 2.05) is 0 Å². The van der Waals surface area contributed by atoms with Gasteiger partial charge < -0.3 is 14.4 Å². The largest absolute Gasteiger partial charge is 0.735 e. The Morgan fingerprint density at radius 3 is 2.69 bits per heavy atom. The van der Waals surface area contributed by atoms with Gasteiger partial charge in [0.2, 0.25) is 0 Å². The second-order valence-electron chi connectivity index (χ2n) is 3.13. The maximum absolute atomic E-state index is 10.3. The predicted molar refractivity (Wildman–Crippen MR) is 42.7 cm³/mol. The molecule has 0 spiro atoms. The van der Waals surface area contributed by atoms with Gasteiger partial charge in [0.1, 0.15) is 0 Å². The lowest BCUT2D eigenvalue weighted by Crippen LogP contribution is -2.50. The van der Waals surface area contributed by atoms with E-state index in [0.717, 1.165) is 0 Å². The zero-order valence-electron chi connectivity index (χ0n) is 7.13. The fraction of sp³-hybridized carbons (Fsp3) is 1.00. The van der Waals surface area contributed by atoms with Crippen LogP contribution in [0.3, 0.4) is 0 Å². The van der Waals surface area contributed by atoms with Crippen molar-refractivity contribution in [3.63, 3.8) is 0 Å². The molecule has 1 heterocycles. The molecule has 0 bridgehead atoms. The fourth-order valence-corrected chi connectivity index (χ4v) is 1.85. The van der Waals surface area contributed by atoms with Crippen LogP contribution in [0.25, 0.3) is 0 Å². The van der Waals surface area contributed by atoms with Gasteiger partial charge in [-0.2, -0.15) is 0 Å². The average molecular weight is 210 g/mol. The zero-order chi connectivity index (χ0) is 10.1. The molecule has 1 saturated heterocycles.